The van der Waals surface area contributed by atoms with Crippen LogP contribution in [0.25, 0.3) is 5.65 Å². The maximum atomic E-state index is 12.2. The van der Waals surface area contributed by atoms with Gasteiger partial charge in [-0.2, -0.15) is 5.10 Å². The molecule has 0 atom stereocenters. The van der Waals surface area contributed by atoms with Gasteiger partial charge in [-0.15, -0.1) is 0 Å². The fraction of sp³-hybridized carbons (Fsp3) is 0.133. The zero-order valence-electron chi connectivity index (χ0n) is 11.6. The molecule has 2 heterocycles. The van der Waals surface area contributed by atoms with Gasteiger partial charge >= 0.3 is 0 Å². The van der Waals surface area contributed by atoms with Crippen LogP contribution in [0.15, 0.2) is 41.0 Å². The molecule has 0 aliphatic rings. The SMILES string of the molecule is Cc1cn2nc(C(=O)Nc3ccc(Br)c(C)c3)ccc2n1. The highest BCUT2D eigenvalue weighted by Gasteiger charge is 2.10. The van der Waals surface area contributed by atoms with Gasteiger partial charge < -0.3 is 5.32 Å². The quantitative estimate of drug-likeness (QED) is 0.775. The molecular formula is C15H13BrN4O. The number of rotatable bonds is 2. The molecule has 1 N–H and O–H groups in total. The molecule has 21 heavy (non-hydrogen) atoms. The third-order valence-electron chi connectivity index (χ3n) is 3.09. The zero-order valence-corrected chi connectivity index (χ0v) is 13.2. The highest BCUT2D eigenvalue weighted by Crippen LogP contribution is 2.20. The summed E-state index contributed by atoms with van der Waals surface area (Å²) in [6, 6.07) is 9.10. The summed E-state index contributed by atoms with van der Waals surface area (Å²) in [4.78, 5) is 16.5. The fourth-order valence-corrected chi connectivity index (χ4v) is 2.29. The van der Waals surface area contributed by atoms with Crippen molar-refractivity contribution in [1.29, 1.82) is 0 Å². The van der Waals surface area contributed by atoms with Crippen molar-refractivity contribution in [1.82, 2.24) is 14.6 Å². The highest BCUT2D eigenvalue weighted by atomic mass is 79.9. The molecule has 0 radical (unpaired) electrons. The Balaban J connectivity index is 1.87. The predicted octanol–water partition coefficient (Wildman–Crippen LogP) is 3.36. The maximum absolute atomic E-state index is 12.2. The summed E-state index contributed by atoms with van der Waals surface area (Å²) in [5.74, 6) is -0.245. The molecule has 1 amide bonds. The number of amides is 1. The Morgan fingerprint density at radius 1 is 1.24 bits per heavy atom. The predicted molar refractivity (Wildman–Crippen MR) is 84.6 cm³/mol. The van der Waals surface area contributed by atoms with Crippen molar-refractivity contribution in [2.75, 3.05) is 5.32 Å². The molecule has 6 heteroatoms. The average Bonchev–Trinajstić information content (AvgIpc) is 2.82. The Morgan fingerprint density at radius 2 is 2.05 bits per heavy atom. The number of aryl methyl sites for hydroxylation is 2. The minimum atomic E-state index is -0.245. The van der Waals surface area contributed by atoms with Crippen molar-refractivity contribution in [2.24, 2.45) is 0 Å². The number of nitrogens with zero attached hydrogens (tertiary/aromatic N) is 3. The van der Waals surface area contributed by atoms with Gasteiger partial charge in [-0.05, 0) is 49.7 Å². The summed E-state index contributed by atoms with van der Waals surface area (Å²) in [5.41, 5.74) is 3.73. The second-order valence-electron chi connectivity index (χ2n) is 4.82. The van der Waals surface area contributed by atoms with Gasteiger partial charge in [0.05, 0.1) is 11.9 Å². The summed E-state index contributed by atoms with van der Waals surface area (Å²) in [6.07, 6.45) is 1.79. The van der Waals surface area contributed by atoms with Gasteiger partial charge in [-0.1, -0.05) is 15.9 Å². The summed E-state index contributed by atoms with van der Waals surface area (Å²) >= 11 is 3.43. The third kappa shape index (κ3) is 2.80. The van der Waals surface area contributed by atoms with Crippen LogP contribution in [0, 0.1) is 13.8 Å². The number of anilines is 1. The van der Waals surface area contributed by atoms with E-state index in [-0.39, 0.29) is 5.91 Å². The van der Waals surface area contributed by atoms with Crippen LogP contribution in [0.1, 0.15) is 21.7 Å². The van der Waals surface area contributed by atoms with Crippen molar-refractivity contribution in [2.45, 2.75) is 13.8 Å². The first-order chi connectivity index (χ1) is 10.0. The van der Waals surface area contributed by atoms with E-state index >= 15 is 0 Å². The highest BCUT2D eigenvalue weighted by molar-refractivity contribution is 9.10. The van der Waals surface area contributed by atoms with Gasteiger partial charge in [0.2, 0.25) is 0 Å². The molecule has 106 valence electrons. The number of aromatic nitrogens is 3. The van der Waals surface area contributed by atoms with E-state index in [1.807, 2.05) is 32.0 Å². The third-order valence-corrected chi connectivity index (χ3v) is 3.98. The van der Waals surface area contributed by atoms with E-state index in [0.29, 0.717) is 5.69 Å². The van der Waals surface area contributed by atoms with E-state index in [4.69, 9.17) is 0 Å². The van der Waals surface area contributed by atoms with Gasteiger partial charge in [0, 0.05) is 10.2 Å². The van der Waals surface area contributed by atoms with Crippen LogP contribution >= 0.6 is 15.9 Å². The largest absolute Gasteiger partial charge is 0.321 e. The van der Waals surface area contributed by atoms with Crippen LogP contribution in [0.4, 0.5) is 5.69 Å². The Labute approximate surface area is 130 Å². The summed E-state index contributed by atoms with van der Waals surface area (Å²) in [5, 5.41) is 7.11. The standard InChI is InChI=1S/C15H13BrN4O/c1-9-7-11(3-4-12(9)16)18-15(21)13-5-6-14-17-10(2)8-20(14)19-13/h3-8H,1-2H3,(H,18,21). The molecule has 1 aromatic carbocycles. The number of nitrogens with one attached hydrogen (secondary N) is 1. The molecule has 0 aliphatic heterocycles. The van der Waals surface area contributed by atoms with Crippen LogP contribution in [-0.2, 0) is 0 Å². The topological polar surface area (TPSA) is 59.3 Å². The van der Waals surface area contributed by atoms with Crippen molar-refractivity contribution < 1.29 is 4.79 Å². The molecule has 3 aromatic rings. The molecule has 2 aromatic heterocycles. The lowest BCUT2D eigenvalue weighted by Gasteiger charge is -2.06. The van der Waals surface area contributed by atoms with E-state index in [2.05, 4.69) is 31.3 Å². The number of benzene rings is 1. The van der Waals surface area contributed by atoms with Crippen molar-refractivity contribution in [3.8, 4) is 0 Å². The monoisotopic (exact) mass is 344 g/mol. The second kappa shape index (κ2) is 5.29. The summed E-state index contributed by atoms with van der Waals surface area (Å²) < 4.78 is 2.62. The van der Waals surface area contributed by atoms with E-state index in [1.165, 1.54) is 0 Å². The van der Waals surface area contributed by atoms with E-state index in [9.17, 15) is 4.79 Å². The lowest BCUT2D eigenvalue weighted by Crippen LogP contribution is -2.15. The van der Waals surface area contributed by atoms with Crippen LogP contribution in [0.5, 0.6) is 0 Å². The smallest absolute Gasteiger partial charge is 0.276 e. The minimum Gasteiger partial charge on any atom is -0.321 e. The Morgan fingerprint density at radius 3 is 2.81 bits per heavy atom. The van der Waals surface area contributed by atoms with Crippen LogP contribution in [0.3, 0.4) is 0 Å². The Hall–Kier alpha value is -2.21. The van der Waals surface area contributed by atoms with E-state index in [1.54, 1.807) is 22.8 Å². The van der Waals surface area contributed by atoms with E-state index < -0.39 is 0 Å². The Kier molecular flexibility index (Phi) is 3.47. The van der Waals surface area contributed by atoms with Crippen LogP contribution < -0.4 is 5.32 Å². The summed E-state index contributed by atoms with van der Waals surface area (Å²) in [7, 11) is 0. The lowest BCUT2D eigenvalue weighted by atomic mass is 10.2. The number of hydrogen-bond donors (Lipinski definition) is 1. The average molecular weight is 345 g/mol. The summed E-state index contributed by atoms with van der Waals surface area (Å²) in [6.45, 7) is 3.86. The van der Waals surface area contributed by atoms with Crippen LogP contribution in [-0.4, -0.2) is 20.5 Å². The molecule has 3 rings (SSSR count). The Bertz CT molecular complexity index is 841. The first-order valence-corrected chi connectivity index (χ1v) is 7.23. The first-order valence-electron chi connectivity index (χ1n) is 6.43. The first kappa shape index (κ1) is 13.8. The normalized spacial score (nSPS) is 10.8. The molecule has 0 spiro atoms. The molecule has 5 nitrogen and oxygen atoms in total. The van der Waals surface area contributed by atoms with Gasteiger partial charge in [0.1, 0.15) is 5.69 Å². The molecule has 0 fully saturated rings. The molecule has 0 saturated carbocycles. The molecule has 0 unspecified atom stereocenters. The number of carbonyl (C=O) groups is 1. The van der Waals surface area contributed by atoms with Gasteiger partial charge in [-0.25, -0.2) is 9.50 Å². The number of imidazole rings is 1. The zero-order chi connectivity index (χ0) is 15.0. The second-order valence-corrected chi connectivity index (χ2v) is 5.68. The van der Waals surface area contributed by atoms with Gasteiger partial charge in [0.25, 0.3) is 5.91 Å². The lowest BCUT2D eigenvalue weighted by molar-refractivity contribution is 0.102. The number of carbonyl (C=O) groups excluding carboxylic acids is 1. The van der Waals surface area contributed by atoms with Crippen LogP contribution in [0.2, 0.25) is 0 Å². The molecule has 0 bridgehead atoms. The van der Waals surface area contributed by atoms with Crippen molar-refractivity contribution in [3.63, 3.8) is 0 Å². The van der Waals surface area contributed by atoms with E-state index in [0.717, 1.165) is 27.1 Å². The van der Waals surface area contributed by atoms with Gasteiger partial charge in [0.15, 0.2) is 5.65 Å². The van der Waals surface area contributed by atoms with Crippen molar-refractivity contribution >= 4 is 33.2 Å². The number of fused-ring (bicyclic) bond motifs is 1. The number of halogens is 1. The minimum absolute atomic E-state index is 0.245. The molecule has 0 aliphatic carbocycles. The number of hydrogen-bond acceptors (Lipinski definition) is 3. The maximum Gasteiger partial charge on any atom is 0.276 e. The fourth-order valence-electron chi connectivity index (χ4n) is 2.04. The van der Waals surface area contributed by atoms with Crippen molar-refractivity contribution in [3.05, 3.63) is 58.0 Å². The van der Waals surface area contributed by atoms with Gasteiger partial charge in [-0.3, -0.25) is 4.79 Å². The molecular weight excluding hydrogens is 332 g/mol. The molecule has 0 saturated heterocycles.